The Balaban J connectivity index is 1.79. The molecule has 0 radical (unpaired) electrons. The van der Waals surface area contributed by atoms with E-state index in [0.29, 0.717) is 10.8 Å². The van der Waals surface area contributed by atoms with Crippen molar-refractivity contribution in [2.45, 2.75) is 33.6 Å². The van der Waals surface area contributed by atoms with Crippen LogP contribution in [0.15, 0.2) is 65.1 Å². The minimum absolute atomic E-state index is 0.0857. The summed E-state index contributed by atoms with van der Waals surface area (Å²) in [6, 6.07) is 19.4. The minimum atomic E-state index is -0.369. The van der Waals surface area contributed by atoms with Gasteiger partial charge in [-0.3, -0.25) is 4.79 Å². The van der Waals surface area contributed by atoms with Gasteiger partial charge in [0.2, 0.25) is 5.82 Å². The topological polar surface area (TPSA) is 59.8 Å². The highest BCUT2D eigenvalue weighted by molar-refractivity contribution is 9.10. The Morgan fingerprint density at radius 3 is 2.48 bits per heavy atom. The zero-order valence-corrected chi connectivity index (χ0v) is 21.2. The SMILES string of the molecule is Cc1ccc(-c2nc(C(=O)Nc3ccc(Br)cc3C(C)C)nn2-c2cccc(Cl)c2C)cc1. The van der Waals surface area contributed by atoms with Crippen LogP contribution in [0, 0.1) is 13.8 Å². The summed E-state index contributed by atoms with van der Waals surface area (Å²) in [5, 5.41) is 8.21. The molecule has 0 atom stereocenters. The van der Waals surface area contributed by atoms with Crippen LogP contribution in [-0.2, 0) is 0 Å². The monoisotopic (exact) mass is 522 g/mol. The molecule has 1 N–H and O–H groups in total. The standard InChI is InChI=1S/C26H24BrClN4O/c1-15(2)20-14-19(27)12-13-22(20)29-26(33)24-30-25(18-10-8-16(3)9-11-18)32(31-24)23-7-5-6-21(28)17(23)4/h5-15H,1-4H3,(H,29,33). The maximum Gasteiger partial charge on any atom is 0.295 e. The fourth-order valence-corrected chi connectivity index (χ4v) is 4.14. The lowest BCUT2D eigenvalue weighted by atomic mass is 10.0. The Bertz CT molecular complexity index is 1330. The van der Waals surface area contributed by atoms with E-state index in [-0.39, 0.29) is 17.6 Å². The number of carbonyl (C=O) groups excluding carboxylic acids is 1. The Morgan fingerprint density at radius 2 is 1.79 bits per heavy atom. The normalized spacial score (nSPS) is 11.1. The number of aromatic nitrogens is 3. The molecule has 7 heteroatoms. The van der Waals surface area contributed by atoms with E-state index in [4.69, 9.17) is 11.6 Å². The number of hydrogen-bond donors (Lipinski definition) is 1. The van der Waals surface area contributed by atoms with Gasteiger partial charge in [-0.15, -0.1) is 5.10 Å². The van der Waals surface area contributed by atoms with Gasteiger partial charge in [-0.05, 0) is 61.2 Å². The molecule has 4 aromatic rings. The molecule has 0 fully saturated rings. The Hall–Kier alpha value is -2.96. The van der Waals surface area contributed by atoms with Gasteiger partial charge in [0.05, 0.1) is 5.69 Å². The summed E-state index contributed by atoms with van der Waals surface area (Å²) >= 11 is 9.88. The number of benzene rings is 3. The largest absolute Gasteiger partial charge is 0.319 e. The summed E-state index contributed by atoms with van der Waals surface area (Å²) in [5.74, 6) is 0.527. The molecule has 1 heterocycles. The smallest absolute Gasteiger partial charge is 0.295 e. The molecule has 0 unspecified atom stereocenters. The maximum atomic E-state index is 13.2. The van der Waals surface area contributed by atoms with Crippen molar-refractivity contribution < 1.29 is 4.79 Å². The highest BCUT2D eigenvalue weighted by Crippen LogP contribution is 2.29. The Labute approximate surface area is 207 Å². The summed E-state index contributed by atoms with van der Waals surface area (Å²) in [4.78, 5) is 17.9. The van der Waals surface area contributed by atoms with Crippen LogP contribution in [0.4, 0.5) is 5.69 Å². The Kier molecular flexibility index (Phi) is 6.68. The molecule has 3 aromatic carbocycles. The number of rotatable bonds is 5. The van der Waals surface area contributed by atoms with Crippen molar-refractivity contribution in [2.24, 2.45) is 0 Å². The fraction of sp³-hybridized carbons (Fsp3) is 0.192. The molecule has 0 bridgehead atoms. The van der Waals surface area contributed by atoms with Gasteiger partial charge in [0.1, 0.15) is 0 Å². The lowest BCUT2D eigenvalue weighted by Gasteiger charge is -2.13. The number of amides is 1. The van der Waals surface area contributed by atoms with Crippen LogP contribution in [0.25, 0.3) is 17.1 Å². The van der Waals surface area contributed by atoms with Crippen molar-refractivity contribution in [3.63, 3.8) is 0 Å². The van der Waals surface area contributed by atoms with E-state index >= 15 is 0 Å². The van der Waals surface area contributed by atoms with Gasteiger partial charge in [-0.1, -0.05) is 77.3 Å². The third kappa shape index (κ3) is 4.87. The zero-order valence-electron chi connectivity index (χ0n) is 18.9. The second-order valence-electron chi connectivity index (χ2n) is 8.26. The van der Waals surface area contributed by atoms with Crippen molar-refractivity contribution >= 4 is 39.1 Å². The van der Waals surface area contributed by atoms with E-state index in [0.717, 1.165) is 38.1 Å². The van der Waals surface area contributed by atoms with Gasteiger partial charge in [-0.25, -0.2) is 9.67 Å². The average Bonchev–Trinajstić information content (AvgIpc) is 3.22. The molecule has 0 saturated heterocycles. The van der Waals surface area contributed by atoms with E-state index in [2.05, 4.69) is 45.2 Å². The van der Waals surface area contributed by atoms with Crippen LogP contribution >= 0.6 is 27.5 Å². The van der Waals surface area contributed by atoms with Crippen molar-refractivity contribution in [1.29, 1.82) is 0 Å². The van der Waals surface area contributed by atoms with Gasteiger partial charge in [0.25, 0.3) is 5.91 Å². The number of aryl methyl sites for hydroxylation is 1. The first kappa shape index (κ1) is 23.2. The molecule has 33 heavy (non-hydrogen) atoms. The van der Waals surface area contributed by atoms with Crippen LogP contribution in [0.2, 0.25) is 5.02 Å². The van der Waals surface area contributed by atoms with Crippen LogP contribution in [0.1, 0.15) is 47.1 Å². The number of hydrogen-bond acceptors (Lipinski definition) is 3. The molecular formula is C26H24BrClN4O. The van der Waals surface area contributed by atoms with Crippen molar-refractivity contribution in [2.75, 3.05) is 5.32 Å². The molecule has 1 amide bonds. The third-order valence-electron chi connectivity index (χ3n) is 5.47. The molecule has 0 aliphatic carbocycles. The lowest BCUT2D eigenvalue weighted by molar-refractivity contribution is 0.101. The van der Waals surface area contributed by atoms with E-state index < -0.39 is 0 Å². The summed E-state index contributed by atoms with van der Waals surface area (Å²) in [7, 11) is 0. The first-order valence-electron chi connectivity index (χ1n) is 10.6. The maximum absolute atomic E-state index is 13.2. The van der Waals surface area contributed by atoms with Crippen molar-refractivity contribution in [3.8, 4) is 17.1 Å². The van der Waals surface area contributed by atoms with Gasteiger partial charge in [-0.2, -0.15) is 0 Å². The third-order valence-corrected chi connectivity index (χ3v) is 6.37. The highest BCUT2D eigenvalue weighted by Gasteiger charge is 2.21. The summed E-state index contributed by atoms with van der Waals surface area (Å²) < 4.78 is 2.65. The predicted octanol–water partition coefficient (Wildman–Crippen LogP) is 7.34. The summed E-state index contributed by atoms with van der Waals surface area (Å²) in [6.07, 6.45) is 0. The number of carbonyl (C=O) groups is 1. The quantitative estimate of drug-likeness (QED) is 0.298. The summed E-state index contributed by atoms with van der Waals surface area (Å²) in [6.45, 7) is 8.12. The Morgan fingerprint density at radius 1 is 1.06 bits per heavy atom. The molecular weight excluding hydrogens is 500 g/mol. The highest BCUT2D eigenvalue weighted by atomic mass is 79.9. The van der Waals surface area contributed by atoms with Crippen LogP contribution in [0.5, 0.6) is 0 Å². The number of halogens is 2. The molecule has 0 spiro atoms. The van der Waals surface area contributed by atoms with Crippen LogP contribution in [0.3, 0.4) is 0 Å². The van der Waals surface area contributed by atoms with Crippen molar-refractivity contribution in [1.82, 2.24) is 14.8 Å². The van der Waals surface area contributed by atoms with Gasteiger partial charge in [0.15, 0.2) is 5.82 Å². The number of nitrogens with one attached hydrogen (secondary N) is 1. The van der Waals surface area contributed by atoms with E-state index in [1.807, 2.05) is 74.5 Å². The second-order valence-corrected chi connectivity index (χ2v) is 9.58. The minimum Gasteiger partial charge on any atom is -0.319 e. The molecule has 0 saturated carbocycles. The van der Waals surface area contributed by atoms with E-state index in [9.17, 15) is 4.79 Å². The van der Waals surface area contributed by atoms with Gasteiger partial charge >= 0.3 is 0 Å². The van der Waals surface area contributed by atoms with Crippen LogP contribution in [-0.4, -0.2) is 20.7 Å². The first-order valence-corrected chi connectivity index (χ1v) is 11.8. The predicted molar refractivity (Wildman–Crippen MR) is 137 cm³/mol. The van der Waals surface area contributed by atoms with Crippen LogP contribution < -0.4 is 5.32 Å². The second kappa shape index (κ2) is 9.49. The van der Waals surface area contributed by atoms with Crippen molar-refractivity contribution in [3.05, 3.63) is 92.7 Å². The molecule has 5 nitrogen and oxygen atoms in total. The molecule has 4 rings (SSSR count). The van der Waals surface area contributed by atoms with Gasteiger partial charge < -0.3 is 5.32 Å². The number of anilines is 1. The lowest BCUT2D eigenvalue weighted by Crippen LogP contribution is -2.16. The zero-order chi connectivity index (χ0) is 23.7. The molecule has 1 aromatic heterocycles. The average molecular weight is 524 g/mol. The first-order chi connectivity index (χ1) is 15.7. The number of nitrogens with zero attached hydrogens (tertiary/aromatic N) is 3. The fourth-order valence-electron chi connectivity index (χ4n) is 3.59. The molecule has 0 aliphatic rings. The molecule has 168 valence electrons. The summed E-state index contributed by atoms with van der Waals surface area (Å²) in [5.41, 5.74) is 5.40. The van der Waals surface area contributed by atoms with Gasteiger partial charge in [0, 0.05) is 20.7 Å². The van der Waals surface area contributed by atoms with E-state index in [1.54, 1.807) is 4.68 Å². The van der Waals surface area contributed by atoms with E-state index in [1.165, 1.54) is 0 Å². The molecule has 0 aliphatic heterocycles.